The summed E-state index contributed by atoms with van der Waals surface area (Å²) in [6.45, 7) is 2.14. The van der Waals surface area contributed by atoms with Gasteiger partial charge in [-0.05, 0) is 0 Å². The maximum atomic E-state index is 10.0. The van der Waals surface area contributed by atoms with E-state index in [9.17, 15) is 5.11 Å². The summed E-state index contributed by atoms with van der Waals surface area (Å²) in [5.74, 6) is 0.347. The molecular formula is C13H15NOSe. The van der Waals surface area contributed by atoms with Crippen LogP contribution in [0.5, 0.6) is 0 Å². The van der Waals surface area contributed by atoms with Crippen LogP contribution >= 0.6 is 0 Å². The summed E-state index contributed by atoms with van der Waals surface area (Å²) >= 11 is 0.424. The first-order chi connectivity index (χ1) is 7.71. The first-order valence-electron chi connectivity index (χ1n) is 5.72. The van der Waals surface area contributed by atoms with E-state index in [4.69, 9.17) is 0 Å². The molecule has 1 aromatic rings. The van der Waals surface area contributed by atoms with E-state index in [1.807, 2.05) is 18.2 Å². The van der Waals surface area contributed by atoms with Gasteiger partial charge in [0.1, 0.15) is 0 Å². The van der Waals surface area contributed by atoms with Crippen molar-refractivity contribution in [3.63, 3.8) is 0 Å². The van der Waals surface area contributed by atoms with Crippen molar-refractivity contribution in [2.75, 3.05) is 0 Å². The molecule has 0 bridgehead atoms. The Bertz CT molecular complexity index is 425. The molecule has 0 radical (unpaired) electrons. The fourth-order valence-electron chi connectivity index (χ4n) is 2.21. The predicted octanol–water partition coefficient (Wildman–Crippen LogP) is 2.06. The molecule has 1 saturated carbocycles. The Morgan fingerprint density at radius 2 is 2.00 bits per heavy atom. The normalized spacial score (nSPS) is 31.2. The van der Waals surface area contributed by atoms with Gasteiger partial charge in [-0.1, -0.05) is 0 Å². The molecule has 3 heteroatoms. The summed E-state index contributed by atoms with van der Waals surface area (Å²) in [4.78, 5) is 4.47. The Labute approximate surface area is 102 Å². The first-order valence-corrected chi connectivity index (χ1v) is 7.43. The standard InChI is InChI=1S/C13H15NOSe/c1-9-11(15)14-12(16-13(9)7-8-13)10-5-3-2-4-6-10/h2-6,9,11,15H,7-8H2,1H3. The summed E-state index contributed by atoms with van der Waals surface area (Å²) in [7, 11) is 0. The van der Waals surface area contributed by atoms with E-state index in [0.717, 1.165) is 4.61 Å². The molecule has 3 rings (SSSR count). The zero-order chi connectivity index (χ0) is 11.2. The second-order valence-electron chi connectivity index (χ2n) is 4.67. The Kier molecular flexibility index (Phi) is 2.43. The average Bonchev–Trinajstić information content (AvgIpc) is 3.08. The summed E-state index contributed by atoms with van der Waals surface area (Å²) in [5.41, 5.74) is 1.19. The molecular weight excluding hydrogens is 265 g/mol. The zero-order valence-electron chi connectivity index (χ0n) is 9.26. The van der Waals surface area contributed by atoms with Crippen molar-refractivity contribution in [1.29, 1.82) is 0 Å². The molecule has 0 saturated heterocycles. The molecule has 1 aromatic carbocycles. The van der Waals surface area contributed by atoms with Gasteiger partial charge in [-0.3, -0.25) is 0 Å². The number of hydrogen-bond acceptors (Lipinski definition) is 2. The Hall–Kier alpha value is -0.631. The van der Waals surface area contributed by atoms with Gasteiger partial charge in [-0.2, -0.15) is 0 Å². The van der Waals surface area contributed by atoms with E-state index in [1.165, 1.54) is 18.4 Å². The number of aliphatic hydroxyl groups excluding tert-OH is 1. The van der Waals surface area contributed by atoms with Gasteiger partial charge in [0.2, 0.25) is 0 Å². The molecule has 1 fully saturated rings. The van der Waals surface area contributed by atoms with Crippen LogP contribution in [0.2, 0.25) is 4.31 Å². The molecule has 2 aliphatic rings. The number of rotatable bonds is 1. The van der Waals surface area contributed by atoms with Crippen LogP contribution in [-0.2, 0) is 0 Å². The molecule has 16 heavy (non-hydrogen) atoms. The van der Waals surface area contributed by atoms with Crippen molar-refractivity contribution in [1.82, 2.24) is 0 Å². The van der Waals surface area contributed by atoms with Crippen molar-refractivity contribution < 1.29 is 5.11 Å². The van der Waals surface area contributed by atoms with Crippen LogP contribution in [0, 0.1) is 5.92 Å². The molecule has 1 spiro atoms. The SMILES string of the molecule is CC1C(O)N=C(c2ccccc2)[Se]C12CC2. The van der Waals surface area contributed by atoms with Crippen molar-refractivity contribution >= 4 is 19.6 Å². The van der Waals surface area contributed by atoms with Crippen LogP contribution in [0.25, 0.3) is 0 Å². The monoisotopic (exact) mass is 281 g/mol. The molecule has 0 aromatic heterocycles. The topological polar surface area (TPSA) is 32.6 Å². The van der Waals surface area contributed by atoms with Gasteiger partial charge in [-0.15, -0.1) is 0 Å². The summed E-state index contributed by atoms with van der Waals surface area (Å²) in [6.07, 6.45) is 2.06. The average molecular weight is 280 g/mol. The van der Waals surface area contributed by atoms with Crippen molar-refractivity contribution in [3.8, 4) is 0 Å². The number of aliphatic imine (C=N–C) groups is 1. The second-order valence-corrected chi connectivity index (χ2v) is 7.61. The molecule has 1 heterocycles. The summed E-state index contributed by atoms with van der Waals surface area (Å²) < 4.78 is 1.57. The van der Waals surface area contributed by atoms with Gasteiger partial charge in [0.25, 0.3) is 0 Å². The molecule has 2 unspecified atom stereocenters. The predicted molar refractivity (Wildman–Crippen MR) is 65.8 cm³/mol. The fraction of sp³-hybridized carbons (Fsp3) is 0.462. The van der Waals surface area contributed by atoms with Crippen LogP contribution < -0.4 is 0 Å². The van der Waals surface area contributed by atoms with E-state index in [2.05, 4.69) is 24.0 Å². The first kappa shape index (κ1) is 10.5. The van der Waals surface area contributed by atoms with E-state index in [-0.39, 0.29) is 0 Å². The van der Waals surface area contributed by atoms with Crippen molar-refractivity contribution in [3.05, 3.63) is 35.9 Å². The molecule has 1 N–H and O–H groups in total. The minimum absolute atomic E-state index is 0.347. The van der Waals surface area contributed by atoms with Gasteiger partial charge >= 0.3 is 102 Å². The Balaban J connectivity index is 1.95. The van der Waals surface area contributed by atoms with Crippen LogP contribution in [0.15, 0.2) is 35.3 Å². The summed E-state index contributed by atoms with van der Waals surface area (Å²) in [5, 5.41) is 10.0. The molecule has 84 valence electrons. The second kappa shape index (κ2) is 3.69. The van der Waals surface area contributed by atoms with E-state index < -0.39 is 6.23 Å². The maximum absolute atomic E-state index is 10.0. The van der Waals surface area contributed by atoms with Crippen LogP contribution in [0.1, 0.15) is 25.3 Å². The molecule has 1 aliphatic heterocycles. The Morgan fingerprint density at radius 3 is 2.62 bits per heavy atom. The van der Waals surface area contributed by atoms with Gasteiger partial charge in [-0.25, -0.2) is 0 Å². The molecule has 2 atom stereocenters. The Morgan fingerprint density at radius 1 is 1.31 bits per heavy atom. The summed E-state index contributed by atoms with van der Waals surface area (Å²) in [6, 6.07) is 10.3. The molecule has 0 amide bonds. The van der Waals surface area contributed by atoms with Crippen LogP contribution in [0.4, 0.5) is 0 Å². The fourth-order valence-corrected chi connectivity index (χ4v) is 5.18. The minimum atomic E-state index is -0.492. The number of aliphatic hydroxyl groups is 1. The number of hydrogen-bond donors (Lipinski definition) is 1. The van der Waals surface area contributed by atoms with Gasteiger partial charge < -0.3 is 0 Å². The third-order valence-corrected chi connectivity index (χ3v) is 7.20. The third-order valence-electron chi connectivity index (χ3n) is 3.59. The van der Waals surface area contributed by atoms with Crippen molar-refractivity contribution in [2.24, 2.45) is 10.9 Å². The number of nitrogens with zero attached hydrogens (tertiary/aromatic N) is 1. The van der Waals surface area contributed by atoms with Crippen LogP contribution in [0.3, 0.4) is 0 Å². The van der Waals surface area contributed by atoms with E-state index in [0.29, 0.717) is 25.2 Å². The van der Waals surface area contributed by atoms with E-state index in [1.54, 1.807) is 0 Å². The number of benzene rings is 1. The van der Waals surface area contributed by atoms with Crippen LogP contribution in [-0.4, -0.2) is 30.9 Å². The quantitative estimate of drug-likeness (QED) is 0.785. The van der Waals surface area contributed by atoms with Gasteiger partial charge in [0.15, 0.2) is 0 Å². The molecule has 2 nitrogen and oxygen atoms in total. The van der Waals surface area contributed by atoms with Gasteiger partial charge in [0, 0.05) is 0 Å². The molecule has 1 aliphatic carbocycles. The zero-order valence-corrected chi connectivity index (χ0v) is 11.0. The van der Waals surface area contributed by atoms with Gasteiger partial charge in [0.05, 0.1) is 0 Å². The third kappa shape index (κ3) is 1.64. The van der Waals surface area contributed by atoms with E-state index >= 15 is 0 Å². The van der Waals surface area contributed by atoms with Crippen molar-refractivity contribution in [2.45, 2.75) is 30.3 Å².